The van der Waals surface area contributed by atoms with Crippen LogP contribution in [0.3, 0.4) is 0 Å². The van der Waals surface area contributed by atoms with Crippen LogP contribution in [-0.4, -0.2) is 35.6 Å². The van der Waals surface area contributed by atoms with E-state index in [0.29, 0.717) is 12.8 Å². The van der Waals surface area contributed by atoms with Gasteiger partial charge in [-0.1, -0.05) is 89.9 Å². The van der Waals surface area contributed by atoms with Crippen LogP contribution in [0.1, 0.15) is 149 Å². The fraction of sp³-hybridized carbons (Fsp3) is 0.781. The molecule has 0 radical (unpaired) electrons. The number of rotatable bonds is 27. The molecule has 0 saturated heterocycles. The van der Waals surface area contributed by atoms with Gasteiger partial charge in [0.1, 0.15) is 12.6 Å². The summed E-state index contributed by atoms with van der Waals surface area (Å²) in [6.45, 7) is 4.10. The molecule has 0 aliphatic rings. The minimum Gasteiger partial charge on any atom is -0.480 e. The summed E-state index contributed by atoms with van der Waals surface area (Å²) in [5.74, 6) is -1.35. The molecule has 0 spiro atoms. The van der Waals surface area contributed by atoms with E-state index in [1.807, 2.05) is 0 Å². The van der Waals surface area contributed by atoms with Gasteiger partial charge in [0.05, 0.1) is 0 Å². The molecule has 0 aromatic heterocycles. The Balaban J connectivity index is 4.09. The molecule has 220 valence electrons. The van der Waals surface area contributed by atoms with Gasteiger partial charge in [-0.2, -0.15) is 0 Å². The van der Waals surface area contributed by atoms with Gasteiger partial charge in [0.25, 0.3) is 0 Å². The third-order valence-corrected chi connectivity index (χ3v) is 6.58. The lowest BCUT2D eigenvalue weighted by Gasteiger charge is -2.15. The van der Waals surface area contributed by atoms with Crippen LogP contribution in [0.15, 0.2) is 24.3 Å². The number of aliphatic carboxylic acids is 1. The minimum atomic E-state index is -1.03. The predicted octanol–water partition coefficient (Wildman–Crippen LogP) is 8.44. The Hall–Kier alpha value is -2.11. The first-order chi connectivity index (χ1) is 18.5. The van der Waals surface area contributed by atoms with E-state index < -0.39 is 5.97 Å². The number of amides is 1. The highest BCUT2D eigenvalue weighted by molar-refractivity contribution is 5.80. The van der Waals surface area contributed by atoms with E-state index in [1.165, 1.54) is 64.2 Å². The van der Waals surface area contributed by atoms with Crippen molar-refractivity contribution in [2.24, 2.45) is 0 Å². The third-order valence-electron chi connectivity index (χ3n) is 6.58. The number of carbonyl (C=O) groups excluding carboxylic acids is 2. The van der Waals surface area contributed by atoms with Crippen molar-refractivity contribution in [1.82, 2.24) is 5.32 Å². The third kappa shape index (κ3) is 26.9. The molecule has 0 aliphatic heterocycles. The van der Waals surface area contributed by atoms with Gasteiger partial charge in [0.15, 0.2) is 0 Å². The number of unbranched alkanes of at least 4 members (excludes halogenated alkanes) is 14. The van der Waals surface area contributed by atoms with E-state index >= 15 is 0 Å². The highest BCUT2D eigenvalue weighted by Gasteiger charge is 2.11. The number of allylic oxidation sites excluding steroid dienone is 3. The molecule has 1 unspecified atom stereocenters. The fourth-order valence-electron chi connectivity index (χ4n) is 4.24. The van der Waals surface area contributed by atoms with Crippen LogP contribution in [0.2, 0.25) is 0 Å². The number of hydrogen-bond acceptors (Lipinski definition) is 4. The zero-order valence-electron chi connectivity index (χ0n) is 24.5. The Morgan fingerprint density at radius 3 is 1.84 bits per heavy atom. The molecule has 0 heterocycles. The summed E-state index contributed by atoms with van der Waals surface area (Å²) in [6.07, 6.45) is 30.3. The summed E-state index contributed by atoms with van der Waals surface area (Å²) in [5, 5.41) is 11.0. The molecule has 0 rings (SSSR count). The molecule has 0 aliphatic carbocycles. The van der Waals surface area contributed by atoms with Gasteiger partial charge in [0, 0.05) is 12.8 Å². The second-order valence-corrected chi connectivity index (χ2v) is 10.3. The zero-order chi connectivity index (χ0) is 28.1. The number of nitrogens with one attached hydrogen (secondary N) is 1. The largest absolute Gasteiger partial charge is 0.480 e. The van der Waals surface area contributed by atoms with E-state index in [4.69, 9.17) is 9.84 Å². The highest BCUT2D eigenvalue weighted by Crippen LogP contribution is 2.14. The van der Waals surface area contributed by atoms with E-state index in [9.17, 15) is 14.4 Å². The number of carboxylic acid groups (broad SMARTS) is 1. The molecule has 2 N–H and O–H groups in total. The van der Waals surface area contributed by atoms with Crippen molar-refractivity contribution in [2.45, 2.75) is 155 Å². The molecule has 0 bridgehead atoms. The summed E-state index contributed by atoms with van der Waals surface area (Å²) >= 11 is 0. The predicted molar refractivity (Wildman–Crippen MR) is 157 cm³/mol. The number of carboxylic acids is 1. The summed E-state index contributed by atoms with van der Waals surface area (Å²) in [6, 6.07) is 0. The average Bonchev–Trinajstić information content (AvgIpc) is 2.89. The van der Waals surface area contributed by atoms with Crippen molar-refractivity contribution in [3.8, 4) is 0 Å². The molecular formula is C32H57NO5. The van der Waals surface area contributed by atoms with Gasteiger partial charge < -0.3 is 15.2 Å². The van der Waals surface area contributed by atoms with Crippen molar-refractivity contribution in [1.29, 1.82) is 0 Å². The maximum Gasteiger partial charge on any atom is 0.322 e. The van der Waals surface area contributed by atoms with Gasteiger partial charge >= 0.3 is 11.9 Å². The molecule has 0 fully saturated rings. The van der Waals surface area contributed by atoms with E-state index in [2.05, 4.69) is 43.5 Å². The lowest BCUT2D eigenvalue weighted by Crippen LogP contribution is -2.28. The Morgan fingerprint density at radius 2 is 1.21 bits per heavy atom. The molecule has 38 heavy (non-hydrogen) atoms. The molecule has 6 nitrogen and oxygen atoms in total. The Labute approximate surface area is 233 Å². The van der Waals surface area contributed by atoms with Gasteiger partial charge in [-0.15, -0.1) is 0 Å². The quantitative estimate of drug-likeness (QED) is 0.0625. The first-order valence-electron chi connectivity index (χ1n) is 15.5. The molecule has 1 amide bonds. The van der Waals surface area contributed by atoms with Crippen LogP contribution < -0.4 is 5.32 Å². The standard InChI is InChI=1S/C32H57NO5/c1-3-5-7-9-10-11-12-13-14-15-17-23-27-32(37)38-29(24-20-16-8-6-4-2)25-21-18-19-22-26-30(34)33-28-31(35)36/h10-11,20,24,29H,3-9,12-19,21-23,25-28H2,1-2H3,(H,33,34)(H,35,36)/b11-10-,24-20-. The first kappa shape index (κ1) is 35.9. The molecule has 0 aromatic carbocycles. The first-order valence-corrected chi connectivity index (χ1v) is 15.5. The average molecular weight is 536 g/mol. The van der Waals surface area contributed by atoms with Crippen molar-refractivity contribution in [3.05, 3.63) is 24.3 Å². The molecule has 0 aromatic rings. The van der Waals surface area contributed by atoms with Crippen LogP contribution in [-0.2, 0) is 19.1 Å². The lowest BCUT2D eigenvalue weighted by atomic mass is 10.1. The number of esters is 1. The van der Waals surface area contributed by atoms with Crippen LogP contribution in [0.25, 0.3) is 0 Å². The van der Waals surface area contributed by atoms with Crippen LogP contribution in [0.4, 0.5) is 0 Å². The van der Waals surface area contributed by atoms with Crippen LogP contribution in [0.5, 0.6) is 0 Å². The molecule has 1 atom stereocenters. The Morgan fingerprint density at radius 1 is 0.684 bits per heavy atom. The minimum absolute atomic E-state index is 0.0988. The van der Waals surface area contributed by atoms with Crippen molar-refractivity contribution < 1.29 is 24.2 Å². The van der Waals surface area contributed by atoms with Crippen molar-refractivity contribution in [2.75, 3.05) is 6.54 Å². The number of hydrogen-bond donors (Lipinski definition) is 2. The van der Waals surface area contributed by atoms with Gasteiger partial charge in [-0.25, -0.2) is 0 Å². The van der Waals surface area contributed by atoms with E-state index in [0.717, 1.165) is 57.8 Å². The van der Waals surface area contributed by atoms with Crippen LogP contribution >= 0.6 is 0 Å². The second-order valence-electron chi connectivity index (χ2n) is 10.3. The SMILES string of the molecule is CCCCC/C=C\CCCCCCCC(=O)OC(/C=C\CCCCC)CCCCCCC(=O)NCC(=O)O. The summed E-state index contributed by atoms with van der Waals surface area (Å²) in [5.41, 5.74) is 0. The fourth-order valence-corrected chi connectivity index (χ4v) is 4.24. The second kappa shape index (κ2) is 27.9. The smallest absolute Gasteiger partial charge is 0.322 e. The lowest BCUT2D eigenvalue weighted by molar-refractivity contribution is -0.147. The van der Waals surface area contributed by atoms with Crippen molar-refractivity contribution in [3.63, 3.8) is 0 Å². The van der Waals surface area contributed by atoms with Gasteiger partial charge in [-0.3, -0.25) is 14.4 Å². The topological polar surface area (TPSA) is 92.7 Å². The number of carbonyl (C=O) groups is 3. The maximum atomic E-state index is 12.4. The van der Waals surface area contributed by atoms with Gasteiger partial charge in [-0.05, 0) is 70.3 Å². The highest BCUT2D eigenvalue weighted by atomic mass is 16.5. The number of ether oxygens (including phenoxy) is 1. The monoisotopic (exact) mass is 535 g/mol. The normalized spacial score (nSPS) is 12.3. The molecule has 0 saturated carbocycles. The maximum absolute atomic E-state index is 12.4. The molecular weight excluding hydrogens is 478 g/mol. The van der Waals surface area contributed by atoms with E-state index in [-0.39, 0.29) is 24.5 Å². The summed E-state index contributed by atoms with van der Waals surface area (Å²) < 4.78 is 5.80. The summed E-state index contributed by atoms with van der Waals surface area (Å²) in [4.78, 5) is 34.5. The Kier molecular flexibility index (Phi) is 26.4. The van der Waals surface area contributed by atoms with Crippen LogP contribution in [0, 0.1) is 0 Å². The van der Waals surface area contributed by atoms with E-state index in [1.54, 1.807) is 0 Å². The molecule has 6 heteroatoms. The Bertz CT molecular complexity index is 644. The summed E-state index contributed by atoms with van der Waals surface area (Å²) in [7, 11) is 0. The zero-order valence-corrected chi connectivity index (χ0v) is 24.5. The van der Waals surface area contributed by atoms with Crippen molar-refractivity contribution >= 4 is 17.8 Å². The van der Waals surface area contributed by atoms with Gasteiger partial charge in [0.2, 0.25) is 5.91 Å².